The molecule has 0 aliphatic heterocycles. The summed E-state index contributed by atoms with van der Waals surface area (Å²) in [6.07, 6.45) is 0. The number of amides is 1. The highest BCUT2D eigenvalue weighted by Crippen LogP contribution is 2.21. The molecule has 0 saturated heterocycles. The Hall–Kier alpha value is -1.39. The largest absolute Gasteiger partial charge is 0.395 e. The van der Waals surface area contributed by atoms with Crippen LogP contribution in [-0.2, 0) is 0 Å². The molecule has 1 N–H and O–H groups in total. The van der Waals surface area contributed by atoms with Crippen molar-refractivity contribution in [1.29, 1.82) is 0 Å². The van der Waals surface area contributed by atoms with Gasteiger partial charge in [-0.25, -0.2) is 0 Å². The highest BCUT2D eigenvalue weighted by molar-refractivity contribution is 9.10. The summed E-state index contributed by atoms with van der Waals surface area (Å²) >= 11 is 3.42. The van der Waals surface area contributed by atoms with Gasteiger partial charge >= 0.3 is 0 Å². The smallest absolute Gasteiger partial charge is 0.253 e. The summed E-state index contributed by atoms with van der Waals surface area (Å²) in [5, 5.41) is 11.0. The van der Waals surface area contributed by atoms with E-state index in [9.17, 15) is 4.79 Å². The fourth-order valence-electron chi connectivity index (χ4n) is 1.82. The molecule has 0 aliphatic carbocycles. The van der Waals surface area contributed by atoms with E-state index in [4.69, 9.17) is 5.11 Å². The topological polar surface area (TPSA) is 40.5 Å². The van der Waals surface area contributed by atoms with Gasteiger partial charge in [0.2, 0.25) is 0 Å². The van der Waals surface area contributed by atoms with Crippen molar-refractivity contribution in [2.45, 2.75) is 0 Å². The van der Waals surface area contributed by atoms with Crippen molar-refractivity contribution < 1.29 is 9.90 Å². The predicted octanol–water partition coefficient (Wildman–Crippen LogP) is 2.67. The van der Waals surface area contributed by atoms with E-state index in [0.717, 1.165) is 15.2 Å². The maximum absolute atomic E-state index is 12.1. The van der Waals surface area contributed by atoms with Crippen molar-refractivity contribution in [2.75, 3.05) is 20.2 Å². The zero-order chi connectivity index (χ0) is 13.1. The summed E-state index contributed by atoms with van der Waals surface area (Å²) in [5.74, 6) is -0.0751. The molecule has 0 bridgehead atoms. The molecule has 0 aromatic heterocycles. The molecule has 0 spiro atoms. The Bertz CT molecular complexity index is 583. The first-order chi connectivity index (χ1) is 8.61. The molecular weight excluding hydrogens is 294 g/mol. The van der Waals surface area contributed by atoms with Crippen molar-refractivity contribution in [3.8, 4) is 0 Å². The first kappa shape index (κ1) is 13.1. The van der Waals surface area contributed by atoms with Crippen molar-refractivity contribution in [3.63, 3.8) is 0 Å². The Kier molecular flexibility index (Phi) is 3.99. The molecule has 2 aromatic rings. The first-order valence-corrected chi connectivity index (χ1v) is 6.47. The summed E-state index contributed by atoms with van der Waals surface area (Å²) in [4.78, 5) is 13.6. The Balaban J connectivity index is 2.35. The molecule has 0 aliphatic rings. The quantitative estimate of drug-likeness (QED) is 0.947. The number of fused-ring (bicyclic) bond motifs is 1. The van der Waals surface area contributed by atoms with Crippen LogP contribution in [0.25, 0.3) is 10.8 Å². The molecular formula is C14H14BrNO2. The van der Waals surface area contributed by atoms with Gasteiger partial charge in [-0.2, -0.15) is 0 Å². The van der Waals surface area contributed by atoms with Crippen LogP contribution in [0.2, 0.25) is 0 Å². The number of halogens is 1. The molecule has 94 valence electrons. The van der Waals surface area contributed by atoms with Crippen LogP contribution in [0.5, 0.6) is 0 Å². The Labute approximate surface area is 114 Å². The number of hydrogen-bond donors (Lipinski definition) is 1. The van der Waals surface area contributed by atoms with Gasteiger partial charge in [-0.1, -0.05) is 28.1 Å². The molecule has 0 heterocycles. The lowest BCUT2D eigenvalue weighted by Gasteiger charge is -2.15. The SMILES string of the molecule is CN(CCO)C(=O)c1ccc2cc(Br)ccc2c1. The van der Waals surface area contributed by atoms with Gasteiger partial charge in [-0.3, -0.25) is 4.79 Å². The van der Waals surface area contributed by atoms with Gasteiger partial charge in [0, 0.05) is 23.6 Å². The van der Waals surface area contributed by atoms with E-state index >= 15 is 0 Å². The second-order valence-electron chi connectivity index (χ2n) is 4.16. The van der Waals surface area contributed by atoms with E-state index in [0.29, 0.717) is 12.1 Å². The first-order valence-electron chi connectivity index (χ1n) is 5.67. The Morgan fingerprint density at radius 3 is 2.61 bits per heavy atom. The summed E-state index contributed by atoms with van der Waals surface area (Å²) in [7, 11) is 1.68. The molecule has 18 heavy (non-hydrogen) atoms. The average molecular weight is 308 g/mol. The molecule has 0 saturated carbocycles. The molecule has 2 rings (SSSR count). The van der Waals surface area contributed by atoms with Crippen LogP contribution in [0.3, 0.4) is 0 Å². The maximum atomic E-state index is 12.1. The van der Waals surface area contributed by atoms with E-state index in [1.165, 1.54) is 4.90 Å². The normalized spacial score (nSPS) is 10.6. The number of benzene rings is 2. The third kappa shape index (κ3) is 2.71. The number of carbonyl (C=O) groups is 1. The third-order valence-corrected chi connectivity index (χ3v) is 3.32. The number of nitrogens with zero attached hydrogens (tertiary/aromatic N) is 1. The number of aliphatic hydroxyl groups is 1. The minimum atomic E-state index is -0.0751. The van der Waals surface area contributed by atoms with Crippen LogP contribution in [-0.4, -0.2) is 36.1 Å². The highest BCUT2D eigenvalue weighted by atomic mass is 79.9. The van der Waals surface area contributed by atoms with Gasteiger partial charge in [-0.05, 0) is 35.0 Å². The van der Waals surface area contributed by atoms with Gasteiger partial charge in [0.25, 0.3) is 5.91 Å². The van der Waals surface area contributed by atoms with Gasteiger partial charge in [0.1, 0.15) is 0 Å². The fourth-order valence-corrected chi connectivity index (χ4v) is 2.20. The van der Waals surface area contributed by atoms with E-state index < -0.39 is 0 Å². The Morgan fingerprint density at radius 2 is 1.89 bits per heavy atom. The number of hydrogen-bond acceptors (Lipinski definition) is 2. The zero-order valence-corrected chi connectivity index (χ0v) is 11.6. The summed E-state index contributed by atoms with van der Waals surface area (Å²) in [6, 6.07) is 11.6. The van der Waals surface area contributed by atoms with Gasteiger partial charge in [0.15, 0.2) is 0 Å². The molecule has 0 unspecified atom stereocenters. The highest BCUT2D eigenvalue weighted by Gasteiger charge is 2.11. The van der Waals surface area contributed by atoms with Crippen LogP contribution in [0.15, 0.2) is 40.9 Å². The van der Waals surface area contributed by atoms with Crippen LogP contribution >= 0.6 is 15.9 Å². The molecule has 3 nitrogen and oxygen atoms in total. The number of likely N-dealkylation sites (N-methyl/N-ethyl adjacent to an activating group) is 1. The predicted molar refractivity (Wildman–Crippen MR) is 75.7 cm³/mol. The number of carbonyl (C=O) groups excluding carboxylic acids is 1. The molecule has 2 aromatic carbocycles. The van der Waals surface area contributed by atoms with Crippen LogP contribution in [0.4, 0.5) is 0 Å². The lowest BCUT2D eigenvalue weighted by atomic mass is 10.1. The second-order valence-corrected chi connectivity index (χ2v) is 5.07. The van der Waals surface area contributed by atoms with Gasteiger partial charge in [-0.15, -0.1) is 0 Å². The van der Waals surface area contributed by atoms with Crippen LogP contribution in [0, 0.1) is 0 Å². The lowest BCUT2D eigenvalue weighted by molar-refractivity contribution is 0.0767. The van der Waals surface area contributed by atoms with Crippen molar-refractivity contribution in [3.05, 3.63) is 46.4 Å². The second kappa shape index (κ2) is 5.50. The minimum Gasteiger partial charge on any atom is -0.395 e. The minimum absolute atomic E-state index is 0.0250. The molecule has 0 radical (unpaired) electrons. The molecule has 0 fully saturated rings. The summed E-state index contributed by atoms with van der Waals surface area (Å²) in [6.45, 7) is 0.319. The summed E-state index contributed by atoms with van der Waals surface area (Å²) < 4.78 is 1.02. The molecule has 4 heteroatoms. The fraction of sp³-hybridized carbons (Fsp3) is 0.214. The van der Waals surface area contributed by atoms with Crippen LogP contribution in [0.1, 0.15) is 10.4 Å². The van der Waals surface area contributed by atoms with Crippen molar-refractivity contribution in [2.24, 2.45) is 0 Å². The van der Waals surface area contributed by atoms with Crippen molar-refractivity contribution >= 4 is 32.6 Å². The lowest BCUT2D eigenvalue weighted by Crippen LogP contribution is -2.29. The molecule has 1 amide bonds. The van der Waals surface area contributed by atoms with E-state index in [-0.39, 0.29) is 12.5 Å². The number of rotatable bonds is 3. The number of aliphatic hydroxyl groups excluding tert-OH is 1. The summed E-state index contributed by atoms with van der Waals surface area (Å²) in [5.41, 5.74) is 0.640. The van der Waals surface area contributed by atoms with E-state index in [2.05, 4.69) is 15.9 Å². The Morgan fingerprint density at radius 1 is 1.22 bits per heavy atom. The van der Waals surface area contributed by atoms with Gasteiger partial charge in [0.05, 0.1) is 6.61 Å². The zero-order valence-electron chi connectivity index (χ0n) is 10.1. The van der Waals surface area contributed by atoms with Gasteiger partial charge < -0.3 is 10.0 Å². The monoisotopic (exact) mass is 307 g/mol. The maximum Gasteiger partial charge on any atom is 0.253 e. The molecule has 0 atom stereocenters. The average Bonchev–Trinajstić information content (AvgIpc) is 2.37. The van der Waals surface area contributed by atoms with Crippen LogP contribution < -0.4 is 0 Å². The van der Waals surface area contributed by atoms with Crippen molar-refractivity contribution in [1.82, 2.24) is 4.90 Å². The van der Waals surface area contributed by atoms with E-state index in [1.54, 1.807) is 7.05 Å². The standard InChI is InChI=1S/C14H14BrNO2/c1-16(6-7-17)14(18)12-3-2-11-9-13(15)5-4-10(11)8-12/h2-5,8-9,17H,6-7H2,1H3. The third-order valence-electron chi connectivity index (χ3n) is 2.83. The van der Waals surface area contributed by atoms with E-state index in [1.807, 2.05) is 36.4 Å².